The first-order chi connectivity index (χ1) is 15.8. The highest BCUT2D eigenvalue weighted by atomic mass is 32.2. The fourth-order valence-corrected chi connectivity index (χ4v) is 5.75. The van der Waals surface area contributed by atoms with Crippen LogP contribution >= 0.6 is 0 Å². The van der Waals surface area contributed by atoms with Crippen molar-refractivity contribution in [3.8, 4) is 5.75 Å². The van der Waals surface area contributed by atoms with Gasteiger partial charge in [0.25, 0.3) is 11.8 Å². The topological polar surface area (TPSA) is 123 Å². The number of ether oxygens (including phenoxy) is 1. The van der Waals surface area contributed by atoms with Crippen LogP contribution in [0.15, 0.2) is 47.5 Å². The molecule has 1 aromatic heterocycles. The zero-order valence-electron chi connectivity index (χ0n) is 18.4. The molecule has 0 saturated carbocycles. The van der Waals surface area contributed by atoms with Gasteiger partial charge in [0.15, 0.2) is 0 Å². The molecule has 1 atom stereocenters. The third kappa shape index (κ3) is 5.33. The van der Waals surface area contributed by atoms with Crippen LogP contribution in [0.3, 0.4) is 0 Å². The first-order valence-corrected chi connectivity index (χ1v) is 12.6. The summed E-state index contributed by atoms with van der Waals surface area (Å²) in [5.74, 6) is -0.324. The molecule has 4 rings (SSSR count). The van der Waals surface area contributed by atoms with E-state index in [9.17, 15) is 18.0 Å². The Bertz CT molecular complexity index is 1110. The summed E-state index contributed by atoms with van der Waals surface area (Å²) in [6.45, 7) is 2.06. The summed E-state index contributed by atoms with van der Waals surface area (Å²) in [7, 11) is -3.53. The van der Waals surface area contributed by atoms with Gasteiger partial charge in [0, 0.05) is 37.5 Å². The van der Waals surface area contributed by atoms with Gasteiger partial charge in [-0.3, -0.25) is 14.6 Å². The third-order valence-corrected chi connectivity index (χ3v) is 7.92. The highest BCUT2D eigenvalue weighted by Crippen LogP contribution is 2.23. The summed E-state index contributed by atoms with van der Waals surface area (Å²) in [4.78, 5) is 30.2. The Kier molecular flexibility index (Phi) is 6.94. The van der Waals surface area contributed by atoms with Gasteiger partial charge in [-0.1, -0.05) is 6.42 Å². The number of pyridine rings is 1. The number of nitrogens with two attached hydrogens (primary N) is 1. The van der Waals surface area contributed by atoms with E-state index in [0.717, 1.165) is 32.1 Å². The summed E-state index contributed by atoms with van der Waals surface area (Å²) in [5.41, 5.74) is 5.83. The second-order valence-electron chi connectivity index (χ2n) is 8.36. The Morgan fingerprint density at radius 3 is 2.42 bits per heavy atom. The number of carbonyl (C=O) groups excluding carboxylic acids is 2. The van der Waals surface area contributed by atoms with E-state index in [2.05, 4.69) is 4.98 Å². The molecule has 0 spiro atoms. The Hall–Kier alpha value is -2.98. The van der Waals surface area contributed by atoms with E-state index in [0.29, 0.717) is 37.5 Å². The average molecular weight is 473 g/mol. The standard InChI is InChI=1S/C23H28N4O5S/c24-22(28)21-15-18(10-11-25-21)32-19-5-4-12-26(16-19)23(29)17-6-8-20(9-7-17)33(30,31)27-13-2-1-3-14-27/h6-11,15,19H,1-5,12-14,16H2,(H2,24,28). The van der Waals surface area contributed by atoms with Crippen LogP contribution in [0.25, 0.3) is 0 Å². The molecule has 0 aliphatic carbocycles. The summed E-state index contributed by atoms with van der Waals surface area (Å²) >= 11 is 0. The van der Waals surface area contributed by atoms with Crippen LogP contribution in [0, 0.1) is 0 Å². The van der Waals surface area contributed by atoms with Crippen LogP contribution in [0.4, 0.5) is 0 Å². The Morgan fingerprint density at radius 1 is 1.00 bits per heavy atom. The number of primary amides is 1. The lowest BCUT2D eigenvalue weighted by molar-refractivity contribution is 0.0537. The van der Waals surface area contributed by atoms with Crippen molar-refractivity contribution < 1.29 is 22.7 Å². The first-order valence-electron chi connectivity index (χ1n) is 11.2. The zero-order valence-corrected chi connectivity index (χ0v) is 19.2. The van der Waals surface area contributed by atoms with Gasteiger partial charge in [-0.2, -0.15) is 4.31 Å². The normalized spacial score (nSPS) is 19.8. The molecule has 2 aliphatic rings. The van der Waals surface area contributed by atoms with E-state index in [1.165, 1.54) is 28.7 Å². The fraction of sp³-hybridized carbons (Fsp3) is 0.435. The summed E-state index contributed by atoms with van der Waals surface area (Å²) in [6, 6.07) is 9.31. The predicted octanol–water partition coefficient (Wildman–Crippen LogP) is 2.04. The van der Waals surface area contributed by atoms with E-state index in [1.54, 1.807) is 23.1 Å². The number of nitrogens with zero attached hydrogens (tertiary/aromatic N) is 3. The number of sulfonamides is 1. The maximum absolute atomic E-state index is 13.0. The van der Waals surface area contributed by atoms with Gasteiger partial charge in [-0.25, -0.2) is 8.42 Å². The number of hydrogen-bond donors (Lipinski definition) is 1. The molecular formula is C23H28N4O5S. The molecule has 2 fully saturated rings. The first kappa shape index (κ1) is 23.2. The number of amides is 2. The molecule has 10 heteroatoms. The largest absolute Gasteiger partial charge is 0.488 e. The number of likely N-dealkylation sites (tertiary alicyclic amines) is 1. The Morgan fingerprint density at radius 2 is 1.73 bits per heavy atom. The lowest BCUT2D eigenvalue weighted by Crippen LogP contribution is -2.44. The molecular weight excluding hydrogens is 444 g/mol. The number of piperidine rings is 2. The molecule has 1 unspecified atom stereocenters. The lowest BCUT2D eigenvalue weighted by Gasteiger charge is -2.33. The lowest BCUT2D eigenvalue weighted by atomic mass is 10.1. The molecule has 9 nitrogen and oxygen atoms in total. The van der Waals surface area contributed by atoms with Crippen molar-refractivity contribution in [1.82, 2.24) is 14.2 Å². The SMILES string of the molecule is NC(=O)c1cc(OC2CCCN(C(=O)c3ccc(S(=O)(=O)N4CCCCC4)cc3)C2)ccn1. The van der Waals surface area contributed by atoms with Crippen molar-refractivity contribution in [2.75, 3.05) is 26.2 Å². The van der Waals surface area contributed by atoms with E-state index in [1.807, 2.05) is 0 Å². The summed E-state index contributed by atoms with van der Waals surface area (Å²) < 4.78 is 33.2. The van der Waals surface area contributed by atoms with E-state index < -0.39 is 15.9 Å². The van der Waals surface area contributed by atoms with E-state index >= 15 is 0 Å². The number of carbonyl (C=O) groups is 2. The van der Waals surface area contributed by atoms with Crippen LogP contribution in [0.1, 0.15) is 53.0 Å². The van der Waals surface area contributed by atoms with Gasteiger partial charge in [-0.15, -0.1) is 0 Å². The Balaban J connectivity index is 1.41. The number of aromatic nitrogens is 1. The van der Waals surface area contributed by atoms with Crippen molar-refractivity contribution >= 4 is 21.8 Å². The molecule has 176 valence electrons. The summed E-state index contributed by atoms with van der Waals surface area (Å²) in [6.07, 6.45) is 5.56. The van der Waals surface area contributed by atoms with Gasteiger partial charge in [0.05, 0.1) is 11.4 Å². The molecule has 2 aliphatic heterocycles. The van der Waals surface area contributed by atoms with Crippen molar-refractivity contribution in [3.05, 3.63) is 53.9 Å². The van der Waals surface area contributed by atoms with Gasteiger partial charge in [0.1, 0.15) is 17.5 Å². The highest BCUT2D eigenvalue weighted by molar-refractivity contribution is 7.89. The minimum absolute atomic E-state index is 0.121. The minimum Gasteiger partial charge on any atom is -0.488 e. The smallest absolute Gasteiger partial charge is 0.267 e. The maximum atomic E-state index is 13.0. The molecule has 2 saturated heterocycles. The molecule has 0 radical (unpaired) electrons. The zero-order chi connectivity index (χ0) is 23.4. The predicted molar refractivity (Wildman–Crippen MR) is 121 cm³/mol. The molecule has 2 aromatic rings. The fourth-order valence-electron chi connectivity index (χ4n) is 4.24. The van der Waals surface area contributed by atoms with Crippen molar-refractivity contribution in [3.63, 3.8) is 0 Å². The van der Waals surface area contributed by atoms with Crippen LogP contribution in [0.2, 0.25) is 0 Å². The monoisotopic (exact) mass is 472 g/mol. The number of hydrogen-bond acceptors (Lipinski definition) is 6. The molecule has 0 bridgehead atoms. The molecule has 33 heavy (non-hydrogen) atoms. The van der Waals surface area contributed by atoms with Crippen LogP contribution < -0.4 is 10.5 Å². The molecule has 1 aromatic carbocycles. The van der Waals surface area contributed by atoms with Crippen LogP contribution in [-0.4, -0.2) is 66.7 Å². The maximum Gasteiger partial charge on any atom is 0.267 e. The van der Waals surface area contributed by atoms with Crippen LogP contribution in [-0.2, 0) is 10.0 Å². The van der Waals surface area contributed by atoms with Gasteiger partial charge < -0.3 is 15.4 Å². The van der Waals surface area contributed by atoms with E-state index in [4.69, 9.17) is 10.5 Å². The highest BCUT2D eigenvalue weighted by Gasteiger charge is 2.28. The van der Waals surface area contributed by atoms with Gasteiger partial charge >= 0.3 is 0 Å². The number of rotatable bonds is 6. The second kappa shape index (κ2) is 9.88. The van der Waals surface area contributed by atoms with Gasteiger partial charge in [0.2, 0.25) is 10.0 Å². The average Bonchev–Trinajstić information content (AvgIpc) is 2.84. The third-order valence-electron chi connectivity index (χ3n) is 6.01. The Labute approximate surface area is 193 Å². The second-order valence-corrected chi connectivity index (χ2v) is 10.3. The van der Waals surface area contributed by atoms with Crippen molar-refractivity contribution in [2.24, 2.45) is 5.73 Å². The molecule has 2 N–H and O–H groups in total. The van der Waals surface area contributed by atoms with Crippen molar-refractivity contribution in [2.45, 2.75) is 43.1 Å². The van der Waals surface area contributed by atoms with E-state index in [-0.39, 0.29) is 22.6 Å². The van der Waals surface area contributed by atoms with Crippen molar-refractivity contribution in [1.29, 1.82) is 0 Å². The summed E-state index contributed by atoms with van der Waals surface area (Å²) in [5, 5.41) is 0. The minimum atomic E-state index is -3.53. The van der Waals surface area contributed by atoms with Crippen LogP contribution in [0.5, 0.6) is 5.75 Å². The molecule has 3 heterocycles. The van der Waals surface area contributed by atoms with Gasteiger partial charge in [-0.05, 0) is 56.0 Å². The quantitative estimate of drug-likeness (QED) is 0.686. The number of benzene rings is 1. The molecule has 2 amide bonds.